The predicted molar refractivity (Wildman–Crippen MR) is 134 cm³/mol. The lowest BCUT2D eigenvalue weighted by atomic mass is 9.85. The molecule has 10 nitrogen and oxygen atoms in total. The van der Waals surface area contributed by atoms with Crippen molar-refractivity contribution in [2.45, 2.75) is 38.3 Å². The predicted octanol–water partition coefficient (Wildman–Crippen LogP) is 1.62. The van der Waals surface area contributed by atoms with Crippen LogP contribution in [-0.2, 0) is 9.59 Å². The maximum atomic E-state index is 12.8. The molecular weight excluding hydrogens is 462 g/mol. The molecule has 0 saturated carbocycles. The Morgan fingerprint density at radius 1 is 1.03 bits per heavy atom. The van der Waals surface area contributed by atoms with Crippen LogP contribution in [0.25, 0.3) is 0 Å². The third-order valence-corrected chi connectivity index (χ3v) is 7.05. The minimum atomic E-state index is -1.29. The van der Waals surface area contributed by atoms with Crippen molar-refractivity contribution >= 4 is 29.5 Å². The van der Waals surface area contributed by atoms with E-state index in [0.29, 0.717) is 38.2 Å². The molecule has 1 spiro atoms. The van der Waals surface area contributed by atoms with Crippen molar-refractivity contribution in [2.75, 3.05) is 31.2 Å². The Hall–Kier alpha value is -4.08. The fourth-order valence-corrected chi connectivity index (χ4v) is 5.02. The zero-order chi connectivity index (χ0) is 25.9. The molecule has 0 aliphatic carbocycles. The van der Waals surface area contributed by atoms with Crippen molar-refractivity contribution in [1.29, 1.82) is 0 Å². The smallest absolute Gasteiger partial charge is 0.328 e. The van der Waals surface area contributed by atoms with Gasteiger partial charge >= 0.3 is 12.0 Å². The van der Waals surface area contributed by atoms with E-state index in [2.05, 4.69) is 16.0 Å². The molecule has 0 radical (unpaired) electrons. The Balaban J connectivity index is 1.35. The van der Waals surface area contributed by atoms with Gasteiger partial charge in [0.15, 0.2) is 0 Å². The molecule has 190 valence electrons. The number of piperidine rings is 1. The second-order valence-electron chi connectivity index (χ2n) is 9.26. The minimum absolute atomic E-state index is 0.0495. The van der Waals surface area contributed by atoms with Crippen LogP contribution < -0.4 is 20.9 Å². The number of nitrogens with one attached hydrogen (secondary N) is 3. The number of benzene rings is 2. The van der Waals surface area contributed by atoms with Crippen molar-refractivity contribution in [1.82, 2.24) is 20.9 Å². The number of carboxylic acid groups (broad SMARTS) is 1. The maximum Gasteiger partial charge on any atom is 0.328 e. The number of urea groups is 1. The molecule has 36 heavy (non-hydrogen) atoms. The highest BCUT2D eigenvalue weighted by Gasteiger charge is 2.50. The van der Waals surface area contributed by atoms with Crippen LogP contribution in [-0.4, -0.2) is 71.7 Å². The Bertz CT molecular complexity index is 1140. The van der Waals surface area contributed by atoms with Crippen molar-refractivity contribution in [3.05, 3.63) is 65.2 Å². The van der Waals surface area contributed by atoms with Crippen molar-refractivity contribution < 1.29 is 24.3 Å². The number of rotatable bonds is 6. The summed E-state index contributed by atoms with van der Waals surface area (Å²) in [5, 5.41) is 17.7. The van der Waals surface area contributed by atoms with Crippen LogP contribution >= 0.6 is 0 Å². The van der Waals surface area contributed by atoms with Crippen LogP contribution in [0.2, 0.25) is 0 Å². The number of carbonyl (C=O) groups excluding carboxylic acids is 3. The van der Waals surface area contributed by atoms with Gasteiger partial charge in [0.05, 0.1) is 13.2 Å². The number of hydrogen-bond acceptors (Lipinski definition) is 5. The minimum Gasteiger partial charge on any atom is -0.480 e. The first-order chi connectivity index (χ1) is 17.2. The summed E-state index contributed by atoms with van der Waals surface area (Å²) in [6.07, 6.45) is 0.902. The highest BCUT2D eigenvalue weighted by atomic mass is 16.4. The van der Waals surface area contributed by atoms with Crippen molar-refractivity contribution in [3.63, 3.8) is 0 Å². The Morgan fingerprint density at radius 2 is 1.67 bits per heavy atom. The fourth-order valence-electron chi connectivity index (χ4n) is 5.02. The summed E-state index contributed by atoms with van der Waals surface area (Å²) >= 11 is 0. The monoisotopic (exact) mass is 493 g/mol. The molecule has 2 aliphatic heterocycles. The molecule has 1 atom stereocenters. The Morgan fingerprint density at radius 3 is 2.28 bits per heavy atom. The number of likely N-dealkylation sites (tertiary alicyclic amines) is 1. The zero-order valence-corrected chi connectivity index (χ0v) is 20.4. The summed E-state index contributed by atoms with van der Waals surface area (Å²) in [4.78, 5) is 53.7. The van der Waals surface area contributed by atoms with Crippen LogP contribution in [0.5, 0.6) is 0 Å². The molecule has 1 unspecified atom stereocenters. The SMILES string of the molecule is Cc1cccc(C)c1C(=O)NC(CNC(=O)N1CCC2(CC1)C(=O)NCN2c1ccccc1)C(=O)O. The fraction of sp³-hybridized carbons (Fsp3) is 0.385. The van der Waals surface area contributed by atoms with E-state index in [1.54, 1.807) is 30.9 Å². The highest BCUT2D eigenvalue weighted by molar-refractivity contribution is 5.99. The van der Waals surface area contributed by atoms with Crippen LogP contribution in [0, 0.1) is 13.8 Å². The summed E-state index contributed by atoms with van der Waals surface area (Å²) in [5.74, 6) is -1.79. The van der Waals surface area contributed by atoms with Gasteiger partial charge in [-0.15, -0.1) is 0 Å². The molecule has 4 amide bonds. The molecule has 2 aliphatic rings. The van der Waals surface area contributed by atoms with Crippen LogP contribution in [0.3, 0.4) is 0 Å². The van der Waals surface area contributed by atoms with E-state index in [0.717, 1.165) is 16.8 Å². The second kappa shape index (κ2) is 10.3. The lowest BCUT2D eigenvalue weighted by Gasteiger charge is -2.43. The number of nitrogens with zero attached hydrogens (tertiary/aromatic N) is 2. The normalized spacial score (nSPS) is 17.4. The number of aliphatic carboxylic acids is 1. The van der Waals surface area contributed by atoms with Gasteiger partial charge in [0.2, 0.25) is 5.91 Å². The van der Waals surface area contributed by atoms with Gasteiger partial charge in [-0.1, -0.05) is 36.4 Å². The van der Waals surface area contributed by atoms with Gasteiger partial charge in [0.25, 0.3) is 5.91 Å². The van der Waals surface area contributed by atoms with E-state index >= 15 is 0 Å². The average molecular weight is 494 g/mol. The molecule has 10 heteroatoms. The van der Waals surface area contributed by atoms with Crippen molar-refractivity contribution in [2.24, 2.45) is 0 Å². The summed E-state index contributed by atoms with van der Waals surface area (Å²) in [6.45, 7) is 4.40. The zero-order valence-electron chi connectivity index (χ0n) is 20.4. The lowest BCUT2D eigenvalue weighted by Crippen LogP contribution is -2.59. The molecule has 2 aromatic rings. The first-order valence-electron chi connectivity index (χ1n) is 12.0. The first kappa shape index (κ1) is 25.0. The highest BCUT2D eigenvalue weighted by Crippen LogP contribution is 2.36. The van der Waals surface area contributed by atoms with Crippen LogP contribution in [0.1, 0.15) is 34.3 Å². The molecule has 2 aromatic carbocycles. The van der Waals surface area contributed by atoms with E-state index in [1.807, 2.05) is 41.3 Å². The van der Waals surface area contributed by atoms with Gasteiger partial charge in [-0.3, -0.25) is 9.59 Å². The molecule has 2 saturated heterocycles. The summed E-state index contributed by atoms with van der Waals surface area (Å²) in [5.41, 5.74) is 2.12. The number of carbonyl (C=O) groups is 4. The average Bonchev–Trinajstić information content (AvgIpc) is 3.17. The third-order valence-electron chi connectivity index (χ3n) is 7.05. The van der Waals surface area contributed by atoms with E-state index in [-0.39, 0.29) is 12.5 Å². The topological polar surface area (TPSA) is 131 Å². The molecular formula is C26H31N5O5. The Kier molecular flexibility index (Phi) is 7.14. The second-order valence-corrected chi connectivity index (χ2v) is 9.26. The number of amides is 4. The van der Waals surface area contributed by atoms with E-state index < -0.39 is 29.5 Å². The molecule has 2 fully saturated rings. The lowest BCUT2D eigenvalue weighted by molar-refractivity contribution is -0.139. The van der Waals surface area contributed by atoms with E-state index in [1.165, 1.54) is 0 Å². The van der Waals surface area contributed by atoms with Gasteiger partial charge in [-0.25, -0.2) is 9.59 Å². The third kappa shape index (κ3) is 4.84. The number of hydrogen-bond donors (Lipinski definition) is 4. The van der Waals surface area contributed by atoms with Gasteiger partial charge in [0, 0.05) is 24.3 Å². The number of aryl methyl sites for hydroxylation is 2. The number of anilines is 1. The Labute approximate surface area is 209 Å². The largest absolute Gasteiger partial charge is 0.480 e. The molecule has 4 N–H and O–H groups in total. The van der Waals surface area contributed by atoms with Gasteiger partial charge < -0.3 is 30.9 Å². The van der Waals surface area contributed by atoms with Gasteiger partial charge in [-0.05, 0) is 49.9 Å². The van der Waals surface area contributed by atoms with Gasteiger partial charge in [0.1, 0.15) is 11.6 Å². The summed E-state index contributed by atoms with van der Waals surface area (Å²) in [6, 6.07) is 13.4. The van der Waals surface area contributed by atoms with E-state index in [4.69, 9.17) is 0 Å². The molecule has 2 heterocycles. The quantitative estimate of drug-likeness (QED) is 0.484. The van der Waals surface area contributed by atoms with Crippen LogP contribution in [0.15, 0.2) is 48.5 Å². The van der Waals surface area contributed by atoms with Crippen molar-refractivity contribution in [3.8, 4) is 0 Å². The number of para-hydroxylation sites is 1. The maximum absolute atomic E-state index is 12.8. The molecule has 4 rings (SSSR count). The van der Waals surface area contributed by atoms with Gasteiger partial charge in [-0.2, -0.15) is 0 Å². The first-order valence-corrected chi connectivity index (χ1v) is 12.0. The van der Waals surface area contributed by atoms with Crippen LogP contribution in [0.4, 0.5) is 10.5 Å². The van der Waals surface area contributed by atoms with E-state index in [9.17, 15) is 24.3 Å². The summed E-state index contributed by atoms with van der Waals surface area (Å²) < 4.78 is 0. The molecule has 0 aromatic heterocycles. The number of carboxylic acids is 1. The standard InChI is InChI=1S/C26H31N5O5/c1-17-7-6-8-18(2)21(17)22(32)29-20(23(33)34)15-27-25(36)30-13-11-26(12-14-30)24(35)28-16-31(26)19-9-4-3-5-10-19/h3-10,20H,11-16H2,1-2H3,(H,27,36)(H,28,35)(H,29,32)(H,33,34). The summed E-state index contributed by atoms with van der Waals surface area (Å²) in [7, 11) is 0. The molecule has 0 bridgehead atoms.